The zero-order chi connectivity index (χ0) is 15.3. The van der Waals surface area contributed by atoms with Crippen LogP contribution in [0.5, 0.6) is 0 Å². The third-order valence-corrected chi connectivity index (χ3v) is 6.86. The van der Waals surface area contributed by atoms with E-state index in [4.69, 9.17) is 5.73 Å². The molecule has 1 aromatic rings. The molecular formula is C12H23N3O2S3. The molecule has 1 atom stereocenters. The number of sulfone groups is 1. The Bertz CT molecular complexity index is 528. The van der Waals surface area contributed by atoms with E-state index in [1.165, 1.54) is 0 Å². The zero-order valence-electron chi connectivity index (χ0n) is 12.4. The lowest BCUT2D eigenvalue weighted by atomic mass is 10.2. The molecule has 0 saturated heterocycles. The largest absolute Gasteiger partial charge is 0.382 e. The number of anilines is 2. The highest BCUT2D eigenvalue weighted by molar-refractivity contribution is 7.98. The second-order valence-electron chi connectivity index (χ2n) is 4.76. The normalized spacial score (nSPS) is 13.4. The molecule has 1 heterocycles. The van der Waals surface area contributed by atoms with Crippen LogP contribution in [0.4, 0.5) is 10.8 Å². The Morgan fingerprint density at radius 2 is 2.15 bits per heavy atom. The smallest absolute Gasteiger partial charge is 0.185 e. The predicted molar refractivity (Wildman–Crippen MR) is 89.7 cm³/mol. The molecule has 0 amide bonds. The summed E-state index contributed by atoms with van der Waals surface area (Å²) in [5.74, 6) is 1.27. The first-order valence-electron chi connectivity index (χ1n) is 6.54. The van der Waals surface area contributed by atoms with Gasteiger partial charge >= 0.3 is 0 Å². The number of thioether (sulfide) groups is 1. The van der Waals surface area contributed by atoms with E-state index in [0.29, 0.717) is 11.4 Å². The Kier molecular flexibility index (Phi) is 6.60. The monoisotopic (exact) mass is 337 g/mol. The quantitative estimate of drug-likeness (QED) is 0.785. The number of hydrogen-bond donors (Lipinski definition) is 1. The molecule has 0 saturated carbocycles. The summed E-state index contributed by atoms with van der Waals surface area (Å²) >= 11 is 2.95. The molecule has 0 aromatic carbocycles. The van der Waals surface area contributed by atoms with Crippen molar-refractivity contribution in [1.29, 1.82) is 0 Å². The highest BCUT2D eigenvalue weighted by atomic mass is 32.2. The summed E-state index contributed by atoms with van der Waals surface area (Å²) in [6.07, 6.45) is 3.63. The van der Waals surface area contributed by atoms with Gasteiger partial charge in [-0.2, -0.15) is 16.1 Å². The van der Waals surface area contributed by atoms with Crippen molar-refractivity contribution in [3.8, 4) is 0 Å². The van der Waals surface area contributed by atoms with Gasteiger partial charge in [0.2, 0.25) is 0 Å². The zero-order valence-corrected chi connectivity index (χ0v) is 14.9. The maximum atomic E-state index is 12.3. The fraction of sp³-hybridized carbons (Fsp3) is 0.750. The SMILES string of the molecule is CCCS(=O)(=O)c1c(N)nsc1N(C)C(C)CCSC. The molecular weight excluding hydrogens is 314 g/mol. The van der Waals surface area contributed by atoms with Crippen molar-refractivity contribution in [1.82, 2.24) is 4.37 Å². The van der Waals surface area contributed by atoms with Gasteiger partial charge in [-0.3, -0.25) is 0 Å². The molecule has 0 radical (unpaired) electrons. The van der Waals surface area contributed by atoms with Crippen LogP contribution >= 0.6 is 23.3 Å². The molecule has 5 nitrogen and oxygen atoms in total. The average Bonchev–Trinajstić information content (AvgIpc) is 2.77. The number of nitrogen functional groups attached to an aromatic ring is 1. The van der Waals surface area contributed by atoms with Gasteiger partial charge in [0.05, 0.1) is 5.75 Å². The molecule has 0 fully saturated rings. The lowest BCUT2D eigenvalue weighted by Gasteiger charge is -2.26. The summed E-state index contributed by atoms with van der Waals surface area (Å²) in [6.45, 7) is 3.93. The maximum Gasteiger partial charge on any atom is 0.185 e. The molecule has 20 heavy (non-hydrogen) atoms. The van der Waals surface area contributed by atoms with Gasteiger partial charge in [-0.05, 0) is 43.3 Å². The van der Waals surface area contributed by atoms with Crippen molar-refractivity contribution in [2.24, 2.45) is 0 Å². The molecule has 0 aliphatic heterocycles. The number of nitrogens with two attached hydrogens (primary N) is 1. The van der Waals surface area contributed by atoms with Crippen LogP contribution in [-0.2, 0) is 9.84 Å². The first-order valence-corrected chi connectivity index (χ1v) is 10.4. The van der Waals surface area contributed by atoms with Crippen LogP contribution in [0.2, 0.25) is 0 Å². The fourth-order valence-electron chi connectivity index (χ4n) is 1.85. The first kappa shape index (κ1) is 17.6. The third kappa shape index (κ3) is 4.02. The Morgan fingerprint density at radius 3 is 2.70 bits per heavy atom. The van der Waals surface area contributed by atoms with Gasteiger partial charge in [0.15, 0.2) is 15.7 Å². The van der Waals surface area contributed by atoms with Crippen LogP contribution in [-0.4, -0.2) is 43.6 Å². The van der Waals surface area contributed by atoms with E-state index in [1.54, 1.807) is 11.8 Å². The third-order valence-electron chi connectivity index (χ3n) is 3.16. The Morgan fingerprint density at radius 1 is 1.50 bits per heavy atom. The first-order chi connectivity index (χ1) is 9.35. The van der Waals surface area contributed by atoms with Gasteiger partial charge < -0.3 is 10.6 Å². The molecule has 0 aliphatic carbocycles. The van der Waals surface area contributed by atoms with Crippen molar-refractivity contribution < 1.29 is 8.42 Å². The Balaban J connectivity index is 3.08. The van der Waals surface area contributed by atoms with Crippen LogP contribution in [0.3, 0.4) is 0 Å². The molecule has 1 rings (SSSR count). The summed E-state index contributed by atoms with van der Waals surface area (Å²) in [7, 11) is -1.45. The molecule has 0 spiro atoms. The second-order valence-corrected chi connectivity index (χ2v) is 8.55. The predicted octanol–water partition coefficient (Wildman–Crippen LogP) is 2.49. The standard InChI is InChI=1S/C12H23N3O2S3/c1-5-8-20(16,17)10-11(13)14-19-12(10)15(3)9(2)6-7-18-4/h9H,5-8H2,1-4H3,(H2,13,14). The minimum atomic E-state index is -3.35. The minimum absolute atomic E-state index is 0.107. The van der Waals surface area contributed by atoms with Gasteiger partial charge in [0.25, 0.3) is 0 Å². The number of nitrogens with zero attached hydrogens (tertiary/aromatic N) is 2. The Labute approximate surface area is 130 Å². The lowest BCUT2D eigenvalue weighted by molar-refractivity contribution is 0.594. The van der Waals surface area contributed by atoms with Crippen molar-refractivity contribution in [2.75, 3.05) is 35.4 Å². The van der Waals surface area contributed by atoms with Gasteiger partial charge in [-0.1, -0.05) is 6.92 Å². The topological polar surface area (TPSA) is 76.3 Å². The van der Waals surface area contributed by atoms with Crippen LogP contribution in [0.1, 0.15) is 26.7 Å². The van der Waals surface area contributed by atoms with Crippen LogP contribution in [0.25, 0.3) is 0 Å². The minimum Gasteiger partial charge on any atom is -0.382 e. The van der Waals surface area contributed by atoms with E-state index >= 15 is 0 Å². The van der Waals surface area contributed by atoms with Crippen molar-refractivity contribution in [3.63, 3.8) is 0 Å². The van der Waals surface area contributed by atoms with E-state index in [0.717, 1.165) is 23.7 Å². The molecule has 8 heteroatoms. The Hall–Kier alpha value is -0.470. The van der Waals surface area contributed by atoms with Crippen LogP contribution in [0, 0.1) is 0 Å². The highest BCUT2D eigenvalue weighted by Gasteiger charge is 2.28. The van der Waals surface area contributed by atoms with Gasteiger partial charge in [-0.25, -0.2) is 8.42 Å². The second kappa shape index (κ2) is 7.51. The number of hydrogen-bond acceptors (Lipinski definition) is 7. The van der Waals surface area contributed by atoms with E-state index in [9.17, 15) is 8.42 Å². The van der Waals surface area contributed by atoms with Gasteiger partial charge in [0, 0.05) is 13.1 Å². The van der Waals surface area contributed by atoms with Crippen LogP contribution < -0.4 is 10.6 Å². The highest BCUT2D eigenvalue weighted by Crippen LogP contribution is 2.36. The fourth-order valence-corrected chi connectivity index (χ4v) is 5.27. The lowest BCUT2D eigenvalue weighted by Crippen LogP contribution is -2.30. The summed E-state index contributed by atoms with van der Waals surface area (Å²) in [5.41, 5.74) is 5.79. The molecule has 1 aromatic heterocycles. The molecule has 2 N–H and O–H groups in total. The van der Waals surface area contributed by atoms with Gasteiger partial charge in [-0.15, -0.1) is 0 Å². The molecule has 0 bridgehead atoms. The molecule has 1 unspecified atom stereocenters. The summed E-state index contributed by atoms with van der Waals surface area (Å²) in [4.78, 5) is 2.19. The molecule has 0 aliphatic rings. The van der Waals surface area contributed by atoms with E-state index < -0.39 is 9.84 Å². The van der Waals surface area contributed by atoms with E-state index in [2.05, 4.69) is 17.6 Å². The van der Waals surface area contributed by atoms with Crippen LogP contribution in [0.15, 0.2) is 4.90 Å². The maximum absolute atomic E-state index is 12.3. The van der Waals surface area contributed by atoms with Crippen molar-refractivity contribution >= 4 is 44.0 Å². The van der Waals surface area contributed by atoms with Gasteiger partial charge in [0.1, 0.15) is 9.90 Å². The van der Waals surface area contributed by atoms with E-state index in [1.807, 2.05) is 18.9 Å². The average molecular weight is 338 g/mol. The summed E-state index contributed by atoms with van der Waals surface area (Å²) in [6, 6.07) is 0.248. The summed E-state index contributed by atoms with van der Waals surface area (Å²) < 4.78 is 28.7. The molecule has 116 valence electrons. The summed E-state index contributed by atoms with van der Waals surface area (Å²) in [5, 5.41) is 0.657. The van der Waals surface area contributed by atoms with Crippen molar-refractivity contribution in [3.05, 3.63) is 0 Å². The number of aromatic nitrogens is 1. The van der Waals surface area contributed by atoms with Crippen molar-refractivity contribution in [2.45, 2.75) is 37.6 Å². The number of rotatable bonds is 8. The van der Waals surface area contributed by atoms with E-state index in [-0.39, 0.29) is 22.5 Å².